The van der Waals surface area contributed by atoms with Crippen molar-refractivity contribution in [3.05, 3.63) is 74.9 Å². The molecule has 7 nitrogen and oxygen atoms in total. The molecule has 2 aromatic rings. The Bertz CT molecular complexity index is 886. The lowest BCUT2D eigenvalue weighted by atomic mass is 10.2. The Hall–Kier alpha value is -3.37. The fourth-order valence-electron chi connectivity index (χ4n) is 1.88. The van der Waals surface area contributed by atoms with Crippen molar-refractivity contribution in [2.75, 3.05) is 10.6 Å². The summed E-state index contributed by atoms with van der Waals surface area (Å²) in [6.07, 6.45) is 1.18. The van der Waals surface area contributed by atoms with Crippen molar-refractivity contribution in [2.24, 2.45) is 0 Å². The fraction of sp³-hybridized carbons (Fsp3) is 0.0588. The molecule has 0 fully saturated rings. The average Bonchev–Trinajstić information content (AvgIpc) is 2.58. The van der Waals surface area contributed by atoms with Gasteiger partial charge in [-0.2, -0.15) is 5.26 Å². The van der Waals surface area contributed by atoms with Gasteiger partial charge in [0, 0.05) is 23.6 Å². The summed E-state index contributed by atoms with van der Waals surface area (Å²) in [5.74, 6) is -0.595. The van der Waals surface area contributed by atoms with Gasteiger partial charge in [0.2, 0.25) is 0 Å². The van der Waals surface area contributed by atoms with Gasteiger partial charge >= 0.3 is 0 Å². The number of carbonyl (C=O) groups excluding carboxylic acids is 1. The Kier molecular flexibility index (Phi) is 5.71. The number of nitriles is 1. The average molecular weight is 357 g/mol. The van der Waals surface area contributed by atoms with Gasteiger partial charge in [-0.15, -0.1) is 0 Å². The number of aryl methyl sites for hydroxylation is 1. The lowest BCUT2D eigenvalue weighted by Gasteiger charge is -2.06. The molecule has 1 amide bonds. The topological polar surface area (TPSA) is 108 Å². The first-order chi connectivity index (χ1) is 11.9. The minimum Gasteiger partial charge on any atom is -0.360 e. The minimum atomic E-state index is -0.619. The van der Waals surface area contributed by atoms with E-state index in [0.717, 1.165) is 5.56 Å². The highest BCUT2D eigenvalue weighted by Gasteiger charge is 2.13. The normalized spacial score (nSPS) is 10.7. The molecule has 2 N–H and O–H groups in total. The largest absolute Gasteiger partial charge is 0.360 e. The van der Waals surface area contributed by atoms with Crippen LogP contribution in [-0.2, 0) is 4.79 Å². The molecule has 0 unspecified atom stereocenters. The van der Waals surface area contributed by atoms with E-state index in [-0.39, 0.29) is 16.3 Å². The second-order valence-electron chi connectivity index (χ2n) is 5.06. The number of nitro groups is 1. The summed E-state index contributed by atoms with van der Waals surface area (Å²) in [5.41, 5.74) is 1.46. The number of rotatable bonds is 5. The first-order valence-electron chi connectivity index (χ1n) is 7.09. The Morgan fingerprint density at radius 3 is 2.48 bits per heavy atom. The van der Waals surface area contributed by atoms with E-state index in [9.17, 15) is 14.9 Å². The first-order valence-corrected chi connectivity index (χ1v) is 7.47. The lowest BCUT2D eigenvalue weighted by Crippen LogP contribution is -2.14. The molecule has 2 aromatic carbocycles. The highest BCUT2D eigenvalue weighted by Crippen LogP contribution is 2.27. The zero-order valence-corrected chi connectivity index (χ0v) is 13.9. The number of halogens is 1. The second kappa shape index (κ2) is 7.95. The summed E-state index contributed by atoms with van der Waals surface area (Å²) in [6.45, 7) is 1.92. The van der Waals surface area contributed by atoms with Crippen LogP contribution in [-0.4, -0.2) is 10.8 Å². The van der Waals surface area contributed by atoms with E-state index >= 15 is 0 Å². The summed E-state index contributed by atoms with van der Waals surface area (Å²) >= 11 is 5.73. The maximum atomic E-state index is 12.1. The van der Waals surface area contributed by atoms with Crippen LogP contribution in [0.4, 0.5) is 17.1 Å². The molecule has 0 heterocycles. The summed E-state index contributed by atoms with van der Waals surface area (Å²) in [5, 5.41) is 25.3. The van der Waals surface area contributed by atoms with Crippen LogP contribution in [0.2, 0.25) is 5.02 Å². The molecule has 25 heavy (non-hydrogen) atoms. The van der Waals surface area contributed by atoms with E-state index in [2.05, 4.69) is 10.6 Å². The highest BCUT2D eigenvalue weighted by molar-refractivity contribution is 6.32. The van der Waals surface area contributed by atoms with E-state index < -0.39 is 10.8 Å². The van der Waals surface area contributed by atoms with Crippen molar-refractivity contribution in [3.63, 3.8) is 0 Å². The molecule has 0 aromatic heterocycles. The highest BCUT2D eigenvalue weighted by atomic mass is 35.5. The number of hydrogen-bond donors (Lipinski definition) is 2. The number of nitrogens with one attached hydrogen (secondary N) is 2. The minimum absolute atomic E-state index is 0.00264. The number of amides is 1. The van der Waals surface area contributed by atoms with Crippen LogP contribution >= 0.6 is 11.6 Å². The molecule has 2 rings (SSSR count). The number of nitrogens with zero attached hydrogens (tertiary/aromatic N) is 2. The van der Waals surface area contributed by atoms with Crippen molar-refractivity contribution in [1.82, 2.24) is 0 Å². The maximum Gasteiger partial charge on any atom is 0.289 e. The van der Waals surface area contributed by atoms with Crippen molar-refractivity contribution in [1.29, 1.82) is 5.26 Å². The van der Waals surface area contributed by atoms with Gasteiger partial charge in [-0.1, -0.05) is 29.3 Å². The van der Waals surface area contributed by atoms with Gasteiger partial charge in [0.25, 0.3) is 11.6 Å². The monoisotopic (exact) mass is 356 g/mol. The van der Waals surface area contributed by atoms with Gasteiger partial charge in [-0.05, 0) is 31.2 Å². The number of benzene rings is 2. The molecule has 0 atom stereocenters. The number of hydrogen-bond acceptors (Lipinski definition) is 5. The van der Waals surface area contributed by atoms with E-state index in [0.29, 0.717) is 11.4 Å². The first kappa shape index (κ1) is 18.0. The van der Waals surface area contributed by atoms with Gasteiger partial charge in [-0.3, -0.25) is 14.9 Å². The molecule has 0 saturated heterocycles. The van der Waals surface area contributed by atoms with Gasteiger partial charge < -0.3 is 10.6 Å². The third-order valence-corrected chi connectivity index (χ3v) is 3.52. The van der Waals surface area contributed by atoms with Crippen molar-refractivity contribution >= 4 is 34.6 Å². The molecule has 0 aliphatic heterocycles. The summed E-state index contributed by atoms with van der Waals surface area (Å²) in [7, 11) is 0. The third kappa shape index (κ3) is 4.80. The Morgan fingerprint density at radius 2 is 1.88 bits per heavy atom. The molecule has 126 valence electrons. The Balaban J connectivity index is 2.13. The predicted octanol–water partition coefficient (Wildman–Crippen LogP) is 4.01. The van der Waals surface area contributed by atoms with Crippen LogP contribution < -0.4 is 10.6 Å². The van der Waals surface area contributed by atoms with E-state index in [1.807, 2.05) is 19.1 Å². The Morgan fingerprint density at radius 1 is 1.24 bits per heavy atom. The van der Waals surface area contributed by atoms with Gasteiger partial charge in [-0.25, -0.2) is 0 Å². The maximum absolute atomic E-state index is 12.1. The molecular weight excluding hydrogens is 344 g/mol. The standard InChI is InChI=1S/C17H13ClN4O3/c1-11-2-4-13(5-3-11)21-17(23)12(9-19)10-20-14-6-7-15(18)16(8-14)22(24)25/h2-8,10,20H,1H3,(H,21,23)/b12-10-. The number of carbonyl (C=O) groups is 1. The van der Waals surface area contributed by atoms with Gasteiger partial charge in [0.15, 0.2) is 0 Å². The molecule has 0 radical (unpaired) electrons. The molecule has 0 aliphatic carbocycles. The summed E-state index contributed by atoms with van der Waals surface area (Å²) in [4.78, 5) is 22.4. The molecule has 0 bridgehead atoms. The molecular formula is C17H13ClN4O3. The smallest absolute Gasteiger partial charge is 0.289 e. The number of nitro benzene ring substituents is 1. The van der Waals surface area contributed by atoms with Crippen LogP contribution in [0, 0.1) is 28.4 Å². The van der Waals surface area contributed by atoms with E-state index in [1.54, 1.807) is 18.2 Å². The fourth-order valence-corrected chi connectivity index (χ4v) is 2.07. The SMILES string of the molecule is Cc1ccc(NC(=O)/C(C#N)=C\Nc2ccc(Cl)c([N+](=O)[O-])c2)cc1. The second-order valence-corrected chi connectivity index (χ2v) is 5.46. The quantitative estimate of drug-likeness (QED) is 0.364. The van der Waals surface area contributed by atoms with Crippen LogP contribution in [0.15, 0.2) is 54.2 Å². The van der Waals surface area contributed by atoms with Crippen molar-refractivity contribution in [2.45, 2.75) is 6.92 Å². The molecule has 8 heteroatoms. The van der Waals surface area contributed by atoms with E-state index in [1.165, 1.54) is 24.4 Å². The van der Waals surface area contributed by atoms with Crippen LogP contribution in [0.5, 0.6) is 0 Å². The molecule has 0 spiro atoms. The lowest BCUT2D eigenvalue weighted by molar-refractivity contribution is -0.384. The molecule has 0 saturated carbocycles. The zero-order chi connectivity index (χ0) is 18.4. The third-order valence-electron chi connectivity index (χ3n) is 3.20. The molecule has 0 aliphatic rings. The van der Waals surface area contributed by atoms with E-state index in [4.69, 9.17) is 16.9 Å². The van der Waals surface area contributed by atoms with Crippen LogP contribution in [0.1, 0.15) is 5.56 Å². The number of anilines is 2. The van der Waals surface area contributed by atoms with Crippen LogP contribution in [0.3, 0.4) is 0 Å². The van der Waals surface area contributed by atoms with Crippen LogP contribution in [0.25, 0.3) is 0 Å². The van der Waals surface area contributed by atoms with Gasteiger partial charge in [0.1, 0.15) is 16.7 Å². The van der Waals surface area contributed by atoms with Crippen molar-refractivity contribution in [3.8, 4) is 6.07 Å². The van der Waals surface area contributed by atoms with Gasteiger partial charge in [0.05, 0.1) is 4.92 Å². The summed E-state index contributed by atoms with van der Waals surface area (Å²) < 4.78 is 0. The summed E-state index contributed by atoms with van der Waals surface area (Å²) in [6, 6.07) is 12.9. The van der Waals surface area contributed by atoms with Crippen molar-refractivity contribution < 1.29 is 9.72 Å². The Labute approximate surface area is 148 Å². The zero-order valence-electron chi connectivity index (χ0n) is 13.1. The predicted molar refractivity (Wildman–Crippen MR) is 95.2 cm³/mol.